The van der Waals surface area contributed by atoms with Crippen LogP contribution in [0, 0.1) is 0 Å². The van der Waals surface area contributed by atoms with Crippen molar-refractivity contribution >= 4 is 17.6 Å². The number of nitrogens with two attached hydrogens (primary N) is 1. The van der Waals surface area contributed by atoms with Crippen LogP contribution in [0.15, 0.2) is 28.5 Å². The summed E-state index contributed by atoms with van der Waals surface area (Å²) in [5.74, 6) is 0.941. The van der Waals surface area contributed by atoms with E-state index in [2.05, 4.69) is 10.1 Å². The highest BCUT2D eigenvalue weighted by Crippen LogP contribution is 2.24. The van der Waals surface area contributed by atoms with Crippen LogP contribution in [-0.4, -0.2) is 34.5 Å². The first-order chi connectivity index (χ1) is 8.31. The molecule has 1 aromatic rings. The number of hydrogen-bond donors (Lipinski definition) is 2. The quantitative estimate of drug-likeness (QED) is 0.279. The Morgan fingerprint density at radius 3 is 3.29 bits per heavy atom. The molecule has 0 aromatic carbocycles. The predicted molar refractivity (Wildman–Crippen MR) is 66.4 cm³/mol. The fourth-order valence-corrected chi connectivity index (χ4v) is 2.77. The molecule has 1 atom stereocenters. The monoisotopic (exact) mass is 253 g/mol. The molecular formula is C11H15N3O2S. The molecule has 1 unspecified atom stereocenters. The molecule has 6 heteroatoms. The molecule has 17 heavy (non-hydrogen) atoms. The third kappa shape index (κ3) is 3.10. The first-order valence-corrected chi connectivity index (χ1v) is 6.47. The number of aromatic nitrogens is 1. The highest BCUT2D eigenvalue weighted by atomic mass is 32.2. The van der Waals surface area contributed by atoms with E-state index in [9.17, 15) is 0 Å². The molecule has 0 bridgehead atoms. The van der Waals surface area contributed by atoms with E-state index in [0.717, 1.165) is 30.2 Å². The highest BCUT2D eigenvalue weighted by molar-refractivity contribution is 7.99. The van der Waals surface area contributed by atoms with E-state index in [1.54, 1.807) is 30.1 Å². The van der Waals surface area contributed by atoms with E-state index >= 15 is 0 Å². The summed E-state index contributed by atoms with van der Waals surface area (Å²) in [6.07, 6.45) is 4.22. The molecular weight excluding hydrogens is 238 g/mol. The lowest BCUT2D eigenvalue weighted by atomic mass is 10.3. The molecule has 1 saturated heterocycles. The fraction of sp³-hybridized carbons (Fsp3) is 0.455. The van der Waals surface area contributed by atoms with Crippen LogP contribution in [0.1, 0.15) is 18.4 Å². The summed E-state index contributed by atoms with van der Waals surface area (Å²) in [4.78, 5) is 4.24. The van der Waals surface area contributed by atoms with Crippen molar-refractivity contribution in [3.63, 3.8) is 0 Å². The van der Waals surface area contributed by atoms with Crippen molar-refractivity contribution in [3.8, 4) is 0 Å². The third-order valence-electron chi connectivity index (χ3n) is 2.58. The van der Waals surface area contributed by atoms with Crippen molar-refractivity contribution in [1.82, 2.24) is 4.98 Å². The van der Waals surface area contributed by atoms with Gasteiger partial charge in [0.15, 0.2) is 5.84 Å². The maximum absolute atomic E-state index is 8.69. The molecule has 0 spiro atoms. The van der Waals surface area contributed by atoms with E-state index in [4.69, 9.17) is 15.7 Å². The van der Waals surface area contributed by atoms with Gasteiger partial charge in [0.05, 0.1) is 11.7 Å². The molecule has 92 valence electrons. The Hall–Kier alpha value is -1.27. The van der Waals surface area contributed by atoms with Gasteiger partial charge < -0.3 is 15.7 Å². The Morgan fingerprint density at radius 1 is 1.71 bits per heavy atom. The van der Waals surface area contributed by atoms with Gasteiger partial charge in [0.1, 0.15) is 5.03 Å². The lowest BCUT2D eigenvalue weighted by Crippen LogP contribution is -2.15. The van der Waals surface area contributed by atoms with E-state index in [1.807, 2.05) is 0 Å². The van der Waals surface area contributed by atoms with Crippen LogP contribution in [0.2, 0.25) is 0 Å². The molecule has 1 aromatic heterocycles. The normalized spacial score (nSPS) is 20.7. The van der Waals surface area contributed by atoms with Crippen LogP contribution < -0.4 is 5.73 Å². The van der Waals surface area contributed by atoms with E-state index in [0.29, 0.717) is 11.7 Å². The second-order valence-electron chi connectivity index (χ2n) is 3.79. The predicted octanol–water partition coefficient (Wildman–Crippen LogP) is 1.45. The van der Waals surface area contributed by atoms with Gasteiger partial charge in [-0.2, -0.15) is 0 Å². The zero-order valence-corrected chi connectivity index (χ0v) is 10.2. The molecule has 1 aliphatic rings. The minimum absolute atomic E-state index is 0.0907. The Bertz CT molecular complexity index is 405. The standard InChI is InChI=1S/C11H15N3O2S/c12-10(14-15)9-4-1-5-13-11(9)17-7-8-3-2-6-16-8/h1,4-5,8,15H,2-3,6-7H2,(H2,12,14). The Labute approximate surface area is 104 Å². The molecule has 5 nitrogen and oxygen atoms in total. The zero-order chi connectivity index (χ0) is 12.1. The SMILES string of the molecule is N/C(=N/O)c1cccnc1SCC1CCCO1. The van der Waals surface area contributed by atoms with Gasteiger partial charge in [-0.1, -0.05) is 5.16 Å². The zero-order valence-electron chi connectivity index (χ0n) is 9.37. The van der Waals surface area contributed by atoms with Gasteiger partial charge in [-0.25, -0.2) is 4.98 Å². The Balaban J connectivity index is 2.04. The smallest absolute Gasteiger partial charge is 0.172 e. The van der Waals surface area contributed by atoms with Gasteiger partial charge in [-0.15, -0.1) is 11.8 Å². The minimum atomic E-state index is 0.0907. The number of thioether (sulfide) groups is 1. The summed E-state index contributed by atoms with van der Waals surface area (Å²) in [5.41, 5.74) is 6.26. The molecule has 0 radical (unpaired) electrons. The minimum Gasteiger partial charge on any atom is -0.409 e. The lowest BCUT2D eigenvalue weighted by Gasteiger charge is -2.10. The van der Waals surface area contributed by atoms with E-state index in [-0.39, 0.29) is 5.84 Å². The molecule has 2 rings (SSSR count). The Kier molecular flexibility index (Phi) is 4.22. The summed E-state index contributed by atoms with van der Waals surface area (Å²) in [7, 11) is 0. The summed E-state index contributed by atoms with van der Waals surface area (Å²) < 4.78 is 5.54. The molecule has 3 N–H and O–H groups in total. The van der Waals surface area contributed by atoms with Crippen LogP contribution in [-0.2, 0) is 4.74 Å². The van der Waals surface area contributed by atoms with E-state index in [1.165, 1.54) is 0 Å². The molecule has 1 fully saturated rings. The van der Waals surface area contributed by atoms with Crippen LogP contribution in [0.3, 0.4) is 0 Å². The lowest BCUT2D eigenvalue weighted by molar-refractivity contribution is 0.129. The van der Waals surface area contributed by atoms with Crippen molar-refractivity contribution in [2.24, 2.45) is 10.9 Å². The third-order valence-corrected chi connectivity index (χ3v) is 3.72. The highest BCUT2D eigenvalue weighted by Gasteiger charge is 2.17. The molecule has 0 amide bonds. The summed E-state index contributed by atoms with van der Waals surface area (Å²) in [5, 5.41) is 12.5. The van der Waals surface area contributed by atoms with Crippen molar-refractivity contribution in [3.05, 3.63) is 23.9 Å². The van der Waals surface area contributed by atoms with Gasteiger partial charge in [0, 0.05) is 18.6 Å². The largest absolute Gasteiger partial charge is 0.409 e. The summed E-state index contributed by atoms with van der Waals surface area (Å²) in [6.45, 7) is 0.848. The number of oxime groups is 1. The number of ether oxygens (including phenoxy) is 1. The van der Waals surface area contributed by atoms with Gasteiger partial charge in [0.25, 0.3) is 0 Å². The van der Waals surface area contributed by atoms with Crippen molar-refractivity contribution in [2.75, 3.05) is 12.4 Å². The van der Waals surface area contributed by atoms with Gasteiger partial charge in [-0.05, 0) is 25.0 Å². The van der Waals surface area contributed by atoms with Crippen LogP contribution in [0.25, 0.3) is 0 Å². The maximum atomic E-state index is 8.69. The number of pyridine rings is 1. The van der Waals surface area contributed by atoms with Crippen LogP contribution in [0.5, 0.6) is 0 Å². The molecule has 0 aliphatic carbocycles. The van der Waals surface area contributed by atoms with Crippen LogP contribution >= 0.6 is 11.8 Å². The second kappa shape index (κ2) is 5.88. The van der Waals surface area contributed by atoms with Crippen molar-refractivity contribution in [1.29, 1.82) is 0 Å². The average Bonchev–Trinajstić information content (AvgIpc) is 2.89. The number of hydrogen-bond acceptors (Lipinski definition) is 5. The van der Waals surface area contributed by atoms with Crippen molar-refractivity contribution < 1.29 is 9.94 Å². The fourth-order valence-electron chi connectivity index (χ4n) is 1.70. The first-order valence-electron chi connectivity index (χ1n) is 5.48. The van der Waals surface area contributed by atoms with Crippen molar-refractivity contribution in [2.45, 2.75) is 24.0 Å². The number of nitrogens with zero attached hydrogens (tertiary/aromatic N) is 2. The number of amidine groups is 1. The van der Waals surface area contributed by atoms with E-state index < -0.39 is 0 Å². The first kappa shape index (κ1) is 12.2. The summed E-state index contributed by atoms with van der Waals surface area (Å²) >= 11 is 1.58. The van der Waals surface area contributed by atoms with Crippen LogP contribution in [0.4, 0.5) is 0 Å². The number of rotatable bonds is 4. The second-order valence-corrected chi connectivity index (χ2v) is 4.80. The summed E-state index contributed by atoms with van der Waals surface area (Å²) in [6, 6.07) is 3.56. The molecule has 1 aliphatic heterocycles. The van der Waals surface area contributed by atoms with Gasteiger partial charge >= 0.3 is 0 Å². The molecule has 2 heterocycles. The maximum Gasteiger partial charge on any atom is 0.172 e. The Morgan fingerprint density at radius 2 is 2.59 bits per heavy atom. The topological polar surface area (TPSA) is 80.7 Å². The van der Waals surface area contributed by atoms with Gasteiger partial charge in [-0.3, -0.25) is 0 Å². The van der Waals surface area contributed by atoms with Gasteiger partial charge in [0.2, 0.25) is 0 Å². The average molecular weight is 253 g/mol. The molecule has 0 saturated carbocycles.